The summed E-state index contributed by atoms with van der Waals surface area (Å²) in [5, 5.41) is 12.9. The first kappa shape index (κ1) is 17.5. The molecule has 0 radical (unpaired) electrons. The second-order valence-electron chi connectivity index (χ2n) is 5.63. The van der Waals surface area contributed by atoms with Crippen LogP contribution in [0.4, 0.5) is 20.3 Å². The molecule has 0 saturated carbocycles. The van der Waals surface area contributed by atoms with E-state index in [0.29, 0.717) is 0 Å². The fraction of sp³-hybridized carbons (Fsp3) is 0.105. The number of hydrogen-bond donors (Lipinski definition) is 2. The van der Waals surface area contributed by atoms with Crippen molar-refractivity contribution in [2.45, 2.75) is 13.0 Å². The van der Waals surface area contributed by atoms with Gasteiger partial charge in [-0.3, -0.25) is 4.79 Å². The number of hydrogen-bond acceptors (Lipinski definition) is 4. The highest BCUT2D eigenvalue weighted by Crippen LogP contribution is 2.21. The van der Waals surface area contributed by atoms with Crippen LogP contribution in [-0.2, 0) is 0 Å². The summed E-state index contributed by atoms with van der Waals surface area (Å²) in [6, 6.07) is 15.7. The Morgan fingerprint density at radius 2 is 1.62 bits per heavy atom. The lowest BCUT2D eigenvalue weighted by Gasteiger charge is -2.14. The molecule has 26 heavy (non-hydrogen) atoms. The molecule has 0 aliphatic carbocycles. The lowest BCUT2D eigenvalue weighted by atomic mass is 10.1. The molecule has 1 amide bonds. The van der Waals surface area contributed by atoms with Gasteiger partial charge in [0.1, 0.15) is 17.3 Å². The van der Waals surface area contributed by atoms with Crippen LogP contribution in [0.15, 0.2) is 60.7 Å². The zero-order chi connectivity index (χ0) is 18.5. The molecule has 1 aromatic heterocycles. The van der Waals surface area contributed by atoms with Crippen LogP contribution < -0.4 is 10.6 Å². The van der Waals surface area contributed by atoms with E-state index in [2.05, 4.69) is 20.8 Å². The number of nitrogens with one attached hydrogen (secondary N) is 2. The topological polar surface area (TPSA) is 66.9 Å². The van der Waals surface area contributed by atoms with Gasteiger partial charge in [0.15, 0.2) is 11.5 Å². The van der Waals surface area contributed by atoms with Crippen LogP contribution in [0.3, 0.4) is 0 Å². The molecule has 0 spiro atoms. The van der Waals surface area contributed by atoms with Gasteiger partial charge in [-0.2, -0.15) is 0 Å². The van der Waals surface area contributed by atoms with Gasteiger partial charge in [-0.25, -0.2) is 8.78 Å². The Morgan fingerprint density at radius 3 is 2.23 bits per heavy atom. The van der Waals surface area contributed by atoms with E-state index in [9.17, 15) is 13.6 Å². The standard InChI is InChI=1S/C19H16F2N4O/c1-12(13-6-3-2-4-7-13)22-19(26)16-10-11-17(25-24-16)23-18-14(20)8-5-9-15(18)21/h2-12H,1H3,(H,22,26)(H,23,25). The fourth-order valence-corrected chi connectivity index (χ4v) is 2.36. The smallest absolute Gasteiger partial charge is 0.272 e. The van der Waals surface area contributed by atoms with E-state index in [4.69, 9.17) is 0 Å². The Bertz CT molecular complexity index is 881. The molecule has 0 saturated heterocycles. The number of nitrogens with zero attached hydrogens (tertiary/aromatic N) is 2. The number of rotatable bonds is 5. The average Bonchev–Trinajstić information content (AvgIpc) is 2.66. The summed E-state index contributed by atoms with van der Waals surface area (Å²) < 4.78 is 27.3. The summed E-state index contributed by atoms with van der Waals surface area (Å²) in [6.45, 7) is 1.86. The first-order valence-electron chi connectivity index (χ1n) is 7.95. The second kappa shape index (κ2) is 7.69. The third-order valence-corrected chi connectivity index (χ3v) is 3.76. The highest BCUT2D eigenvalue weighted by atomic mass is 19.1. The number of carbonyl (C=O) groups excluding carboxylic acids is 1. The second-order valence-corrected chi connectivity index (χ2v) is 5.63. The third kappa shape index (κ3) is 4.00. The van der Waals surface area contributed by atoms with Crippen LogP contribution >= 0.6 is 0 Å². The molecular weight excluding hydrogens is 338 g/mol. The summed E-state index contributed by atoms with van der Waals surface area (Å²) in [7, 11) is 0. The minimum absolute atomic E-state index is 0.104. The van der Waals surface area contributed by atoms with Crippen molar-refractivity contribution < 1.29 is 13.6 Å². The summed E-state index contributed by atoms with van der Waals surface area (Å²) in [5.41, 5.74) is 0.742. The van der Waals surface area contributed by atoms with Crippen LogP contribution in [0, 0.1) is 11.6 Å². The summed E-state index contributed by atoms with van der Waals surface area (Å²) in [5.74, 6) is -1.75. The number of aromatic nitrogens is 2. The number of para-hydroxylation sites is 1. The predicted molar refractivity (Wildman–Crippen MR) is 94.0 cm³/mol. The molecule has 2 N–H and O–H groups in total. The van der Waals surface area contributed by atoms with Gasteiger partial charge in [-0.1, -0.05) is 36.4 Å². The SMILES string of the molecule is CC(NC(=O)c1ccc(Nc2c(F)cccc2F)nn1)c1ccccc1. The van der Waals surface area contributed by atoms with Crippen molar-refractivity contribution in [1.82, 2.24) is 15.5 Å². The van der Waals surface area contributed by atoms with Crippen LogP contribution in [0.1, 0.15) is 29.0 Å². The van der Waals surface area contributed by atoms with Crippen molar-refractivity contribution in [3.8, 4) is 0 Å². The van der Waals surface area contributed by atoms with Gasteiger partial charge in [-0.15, -0.1) is 10.2 Å². The number of amides is 1. The number of carbonyl (C=O) groups is 1. The molecule has 3 aromatic rings. The van der Waals surface area contributed by atoms with Gasteiger partial charge >= 0.3 is 0 Å². The van der Waals surface area contributed by atoms with Gasteiger partial charge in [0.2, 0.25) is 0 Å². The Hall–Kier alpha value is -3.35. The van der Waals surface area contributed by atoms with Gasteiger partial charge in [-0.05, 0) is 36.8 Å². The third-order valence-electron chi connectivity index (χ3n) is 3.76. The quantitative estimate of drug-likeness (QED) is 0.727. The molecule has 7 heteroatoms. The van der Waals surface area contributed by atoms with E-state index in [1.54, 1.807) is 0 Å². The van der Waals surface area contributed by atoms with E-state index in [0.717, 1.165) is 17.7 Å². The van der Waals surface area contributed by atoms with E-state index < -0.39 is 17.5 Å². The highest BCUT2D eigenvalue weighted by molar-refractivity contribution is 5.92. The number of anilines is 2. The Kier molecular flexibility index (Phi) is 5.17. The first-order valence-corrected chi connectivity index (χ1v) is 7.95. The van der Waals surface area contributed by atoms with Crippen molar-refractivity contribution in [2.75, 3.05) is 5.32 Å². The number of benzene rings is 2. The van der Waals surface area contributed by atoms with Crippen molar-refractivity contribution in [2.24, 2.45) is 0 Å². The molecule has 1 heterocycles. The summed E-state index contributed by atoms with van der Waals surface area (Å²) >= 11 is 0. The fourth-order valence-electron chi connectivity index (χ4n) is 2.36. The maximum Gasteiger partial charge on any atom is 0.272 e. The largest absolute Gasteiger partial charge is 0.344 e. The van der Waals surface area contributed by atoms with Crippen LogP contribution in [0.5, 0.6) is 0 Å². The summed E-state index contributed by atoms with van der Waals surface area (Å²) in [4.78, 5) is 12.3. The first-order chi connectivity index (χ1) is 12.5. The Labute approximate surface area is 149 Å². The highest BCUT2D eigenvalue weighted by Gasteiger charge is 2.14. The van der Waals surface area contributed by atoms with Crippen LogP contribution in [0.2, 0.25) is 0 Å². The lowest BCUT2D eigenvalue weighted by molar-refractivity contribution is 0.0934. The summed E-state index contributed by atoms with van der Waals surface area (Å²) in [6.07, 6.45) is 0. The van der Waals surface area contributed by atoms with Gasteiger partial charge in [0, 0.05) is 0 Å². The van der Waals surface area contributed by atoms with E-state index in [1.807, 2.05) is 37.3 Å². The van der Waals surface area contributed by atoms with E-state index in [1.165, 1.54) is 18.2 Å². The predicted octanol–water partition coefficient (Wildman–Crippen LogP) is 3.99. The molecular formula is C19H16F2N4O. The molecule has 3 rings (SSSR count). The van der Waals surface area contributed by atoms with E-state index in [-0.39, 0.29) is 23.2 Å². The molecule has 0 aliphatic heterocycles. The van der Waals surface area contributed by atoms with Gasteiger partial charge < -0.3 is 10.6 Å². The van der Waals surface area contributed by atoms with Gasteiger partial charge in [0.05, 0.1) is 6.04 Å². The molecule has 0 fully saturated rings. The monoisotopic (exact) mass is 354 g/mol. The van der Waals surface area contributed by atoms with E-state index >= 15 is 0 Å². The molecule has 0 aliphatic rings. The molecule has 2 aromatic carbocycles. The maximum atomic E-state index is 13.6. The average molecular weight is 354 g/mol. The zero-order valence-electron chi connectivity index (χ0n) is 13.9. The number of halogens is 2. The molecule has 1 atom stereocenters. The molecule has 5 nitrogen and oxygen atoms in total. The lowest BCUT2D eigenvalue weighted by Crippen LogP contribution is -2.27. The van der Waals surface area contributed by atoms with Crippen LogP contribution in [-0.4, -0.2) is 16.1 Å². The molecule has 0 bridgehead atoms. The molecule has 132 valence electrons. The zero-order valence-corrected chi connectivity index (χ0v) is 13.9. The van der Waals surface area contributed by atoms with Crippen LogP contribution in [0.25, 0.3) is 0 Å². The maximum absolute atomic E-state index is 13.6. The van der Waals surface area contributed by atoms with Crippen molar-refractivity contribution >= 4 is 17.4 Å². The molecule has 1 unspecified atom stereocenters. The van der Waals surface area contributed by atoms with Gasteiger partial charge in [0.25, 0.3) is 5.91 Å². The minimum Gasteiger partial charge on any atom is -0.344 e. The normalized spacial score (nSPS) is 11.7. The van der Waals surface area contributed by atoms with Crippen molar-refractivity contribution in [3.63, 3.8) is 0 Å². The Morgan fingerprint density at radius 1 is 0.923 bits per heavy atom. The minimum atomic E-state index is -0.745. The Balaban J connectivity index is 1.68. The van der Waals surface area contributed by atoms with Crippen molar-refractivity contribution in [3.05, 3.63) is 83.6 Å². The van der Waals surface area contributed by atoms with Crippen molar-refractivity contribution in [1.29, 1.82) is 0 Å².